The number of ether oxygens (including phenoxy) is 2. The summed E-state index contributed by atoms with van der Waals surface area (Å²) in [6.45, 7) is 6.92. The zero-order valence-corrected chi connectivity index (χ0v) is 14.8. The van der Waals surface area contributed by atoms with Crippen molar-refractivity contribution in [2.75, 3.05) is 14.2 Å². The van der Waals surface area contributed by atoms with Gasteiger partial charge < -0.3 is 23.6 Å². The van der Waals surface area contributed by atoms with Crippen molar-refractivity contribution in [3.8, 4) is 11.5 Å². The minimum absolute atomic E-state index is 0.327. The Hall–Kier alpha value is -1.07. The molecule has 0 unspecified atom stereocenters. The molecular formula is C15H25O6P. The van der Waals surface area contributed by atoms with Crippen molar-refractivity contribution in [1.82, 2.24) is 0 Å². The second-order valence-corrected chi connectivity index (χ2v) is 7.32. The van der Waals surface area contributed by atoms with Crippen LogP contribution in [0.2, 0.25) is 0 Å². The third-order valence-corrected chi connectivity index (χ3v) is 5.04. The maximum atomic E-state index is 13.0. The Morgan fingerprint density at radius 3 is 1.95 bits per heavy atom. The number of aliphatic hydroxyl groups excluding tert-OH is 1. The fraction of sp³-hybridized carbons (Fsp3) is 0.600. The van der Waals surface area contributed by atoms with E-state index in [0.29, 0.717) is 17.1 Å². The van der Waals surface area contributed by atoms with Gasteiger partial charge in [0.25, 0.3) is 0 Å². The quantitative estimate of drug-likeness (QED) is 0.731. The van der Waals surface area contributed by atoms with Gasteiger partial charge in [0.2, 0.25) is 0 Å². The fourth-order valence-corrected chi connectivity index (χ4v) is 3.94. The lowest BCUT2D eigenvalue weighted by atomic mass is 10.2. The van der Waals surface area contributed by atoms with E-state index in [1.54, 1.807) is 45.9 Å². The fourth-order valence-electron chi connectivity index (χ4n) is 1.93. The summed E-state index contributed by atoms with van der Waals surface area (Å²) in [7, 11) is -0.785. The van der Waals surface area contributed by atoms with Crippen LogP contribution in [0.4, 0.5) is 0 Å². The Morgan fingerprint density at radius 2 is 1.55 bits per heavy atom. The number of aliphatic hydroxyl groups is 1. The van der Waals surface area contributed by atoms with E-state index in [4.69, 9.17) is 18.5 Å². The lowest BCUT2D eigenvalue weighted by Gasteiger charge is -2.27. The number of benzene rings is 1. The largest absolute Gasteiger partial charge is 0.497 e. The number of hydrogen-bond acceptors (Lipinski definition) is 6. The van der Waals surface area contributed by atoms with Crippen LogP contribution in [0.25, 0.3) is 0 Å². The maximum absolute atomic E-state index is 13.0. The van der Waals surface area contributed by atoms with Gasteiger partial charge in [-0.05, 0) is 39.8 Å². The monoisotopic (exact) mass is 332 g/mol. The Bertz CT molecular complexity index is 515. The van der Waals surface area contributed by atoms with E-state index in [0.717, 1.165) is 0 Å². The van der Waals surface area contributed by atoms with Gasteiger partial charge in [-0.3, -0.25) is 4.57 Å². The first-order valence-corrected chi connectivity index (χ1v) is 8.71. The molecule has 0 aliphatic rings. The van der Waals surface area contributed by atoms with Gasteiger partial charge >= 0.3 is 7.60 Å². The molecule has 1 rings (SSSR count). The molecule has 0 spiro atoms. The van der Waals surface area contributed by atoms with Gasteiger partial charge in [0.05, 0.1) is 26.4 Å². The smallest absolute Gasteiger partial charge is 0.364 e. The van der Waals surface area contributed by atoms with Crippen LogP contribution < -0.4 is 9.47 Å². The lowest BCUT2D eigenvalue weighted by molar-refractivity contribution is 0.100. The zero-order valence-electron chi connectivity index (χ0n) is 13.9. The molecule has 0 fully saturated rings. The van der Waals surface area contributed by atoms with E-state index in [9.17, 15) is 9.67 Å². The molecule has 1 aromatic carbocycles. The Balaban J connectivity index is 3.23. The summed E-state index contributed by atoms with van der Waals surface area (Å²) in [5.41, 5.74) is 0.327. The van der Waals surface area contributed by atoms with Crippen molar-refractivity contribution in [3.63, 3.8) is 0 Å². The highest BCUT2D eigenvalue weighted by Crippen LogP contribution is 2.62. The first kappa shape index (κ1) is 19.0. The van der Waals surface area contributed by atoms with Gasteiger partial charge in [0.15, 0.2) is 5.85 Å². The minimum Gasteiger partial charge on any atom is -0.497 e. The summed E-state index contributed by atoms with van der Waals surface area (Å²) in [6.07, 6.45) is -0.716. The third kappa shape index (κ3) is 4.71. The molecule has 0 amide bonds. The standard InChI is InChI=1S/C15H25O6P/c1-10(2)20-22(17,21-11(3)4)15(16)13-8-7-12(18-5)9-14(13)19-6/h7-11,15-16H,1-6H3/t15-/m0/s1. The van der Waals surface area contributed by atoms with E-state index in [2.05, 4.69) is 0 Å². The molecule has 0 aliphatic heterocycles. The highest BCUT2D eigenvalue weighted by Gasteiger charge is 2.39. The van der Waals surface area contributed by atoms with Crippen molar-refractivity contribution in [2.24, 2.45) is 0 Å². The Kier molecular flexibility index (Phi) is 6.88. The summed E-state index contributed by atoms with van der Waals surface area (Å²) in [4.78, 5) is 0. The topological polar surface area (TPSA) is 74.2 Å². The molecule has 1 aromatic rings. The van der Waals surface area contributed by atoms with E-state index < -0.39 is 13.4 Å². The van der Waals surface area contributed by atoms with Gasteiger partial charge in [-0.15, -0.1) is 0 Å². The summed E-state index contributed by atoms with van der Waals surface area (Å²) < 4.78 is 34.2. The van der Waals surface area contributed by atoms with Crippen LogP contribution in [0.1, 0.15) is 39.1 Å². The summed E-state index contributed by atoms with van der Waals surface area (Å²) in [5.74, 6) is -0.526. The Morgan fingerprint density at radius 1 is 1.00 bits per heavy atom. The molecule has 1 N–H and O–H groups in total. The molecular weight excluding hydrogens is 307 g/mol. The van der Waals surface area contributed by atoms with Crippen molar-refractivity contribution in [1.29, 1.82) is 0 Å². The van der Waals surface area contributed by atoms with Crippen LogP contribution in [0, 0.1) is 0 Å². The molecule has 0 saturated heterocycles. The number of methoxy groups -OCH3 is 2. The molecule has 0 aliphatic carbocycles. The van der Waals surface area contributed by atoms with Gasteiger partial charge in [-0.2, -0.15) is 0 Å². The van der Waals surface area contributed by atoms with Crippen molar-refractivity contribution < 1.29 is 28.2 Å². The second kappa shape index (κ2) is 7.97. The molecule has 0 saturated carbocycles. The maximum Gasteiger partial charge on any atom is 0.364 e. The predicted octanol–water partition coefficient (Wildman–Crippen LogP) is 3.74. The second-order valence-electron chi connectivity index (χ2n) is 5.33. The first-order chi connectivity index (χ1) is 10.2. The summed E-state index contributed by atoms with van der Waals surface area (Å²) in [5, 5.41) is 10.6. The van der Waals surface area contributed by atoms with E-state index in [1.165, 1.54) is 14.2 Å². The molecule has 0 radical (unpaired) electrons. The van der Waals surface area contributed by atoms with Crippen LogP contribution >= 0.6 is 7.60 Å². The number of hydrogen-bond donors (Lipinski definition) is 1. The van der Waals surface area contributed by atoms with Gasteiger partial charge in [-0.25, -0.2) is 0 Å². The van der Waals surface area contributed by atoms with Crippen LogP contribution in [-0.4, -0.2) is 31.5 Å². The molecule has 7 heteroatoms. The molecule has 0 aromatic heterocycles. The Labute approximate surface area is 131 Å². The highest BCUT2D eigenvalue weighted by atomic mass is 31.2. The van der Waals surface area contributed by atoms with Gasteiger partial charge in [0.1, 0.15) is 11.5 Å². The molecule has 1 atom stereocenters. The zero-order chi connectivity index (χ0) is 16.9. The van der Waals surface area contributed by atoms with E-state index >= 15 is 0 Å². The van der Waals surface area contributed by atoms with Crippen molar-refractivity contribution in [2.45, 2.75) is 45.7 Å². The van der Waals surface area contributed by atoms with Gasteiger partial charge in [-0.1, -0.05) is 0 Å². The molecule has 0 heterocycles. The van der Waals surface area contributed by atoms with E-state index in [-0.39, 0.29) is 12.2 Å². The van der Waals surface area contributed by atoms with Gasteiger partial charge in [0, 0.05) is 11.6 Å². The lowest BCUT2D eigenvalue weighted by Crippen LogP contribution is -2.14. The molecule has 22 heavy (non-hydrogen) atoms. The SMILES string of the molecule is COc1ccc([C@@H](O)P(=O)(OC(C)C)OC(C)C)c(OC)c1. The normalized spacial score (nSPS) is 13.5. The predicted molar refractivity (Wildman–Crippen MR) is 84.6 cm³/mol. The van der Waals surface area contributed by atoms with Crippen LogP contribution in [0.15, 0.2) is 18.2 Å². The summed E-state index contributed by atoms with van der Waals surface area (Å²) in [6, 6.07) is 4.84. The average Bonchev–Trinajstić information content (AvgIpc) is 2.43. The van der Waals surface area contributed by atoms with Crippen LogP contribution in [0.3, 0.4) is 0 Å². The third-order valence-electron chi connectivity index (χ3n) is 2.73. The number of rotatable bonds is 8. The first-order valence-electron chi connectivity index (χ1n) is 7.10. The van der Waals surface area contributed by atoms with Crippen molar-refractivity contribution in [3.05, 3.63) is 23.8 Å². The van der Waals surface area contributed by atoms with E-state index in [1.807, 2.05) is 0 Å². The molecule has 126 valence electrons. The van der Waals surface area contributed by atoms with Crippen LogP contribution in [-0.2, 0) is 13.6 Å². The summed E-state index contributed by atoms with van der Waals surface area (Å²) >= 11 is 0. The van der Waals surface area contributed by atoms with Crippen molar-refractivity contribution >= 4 is 7.60 Å². The highest BCUT2D eigenvalue weighted by molar-refractivity contribution is 7.54. The molecule has 0 bridgehead atoms. The minimum atomic E-state index is -3.77. The van der Waals surface area contributed by atoms with Crippen LogP contribution in [0.5, 0.6) is 11.5 Å². The average molecular weight is 332 g/mol. The molecule has 6 nitrogen and oxygen atoms in total.